The van der Waals surface area contributed by atoms with Gasteiger partial charge in [-0.2, -0.15) is 0 Å². The van der Waals surface area contributed by atoms with Crippen LogP contribution in [0, 0.1) is 0 Å². The molecule has 0 aromatic rings. The summed E-state index contributed by atoms with van der Waals surface area (Å²) in [4.78, 5) is 47.1. The highest BCUT2D eigenvalue weighted by Crippen LogP contribution is 2.19. The Morgan fingerprint density at radius 3 is 2.67 bits per heavy atom. The van der Waals surface area contributed by atoms with Crippen LogP contribution in [0.1, 0.15) is 26.2 Å². The molecule has 0 aromatic carbocycles. The average Bonchev–Trinajstić information content (AvgIpc) is 2.93. The van der Waals surface area contributed by atoms with Crippen LogP contribution in [0.5, 0.6) is 0 Å². The highest BCUT2D eigenvalue weighted by molar-refractivity contribution is 14.1. The van der Waals surface area contributed by atoms with Crippen molar-refractivity contribution in [2.24, 2.45) is 0 Å². The molecule has 2 amide bonds. The fourth-order valence-electron chi connectivity index (χ4n) is 2.20. The van der Waals surface area contributed by atoms with Crippen LogP contribution in [0.4, 0.5) is 0 Å². The Bertz CT molecular complexity index is 431. The van der Waals surface area contributed by atoms with Gasteiger partial charge in [-0.3, -0.25) is 14.4 Å². The van der Waals surface area contributed by atoms with Crippen molar-refractivity contribution in [1.29, 1.82) is 0 Å². The van der Waals surface area contributed by atoms with Crippen molar-refractivity contribution >= 4 is 46.9 Å². The first-order chi connectivity index (χ1) is 9.90. The molecule has 9 heteroatoms. The van der Waals surface area contributed by atoms with Gasteiger partial charge in [0.25, 0.3) is 0 Å². The SMILES string of the molecule is C[C@H](NI)C(=O)N1CCC[C@H]1C(=O)NC(C=O)CC(=O)O. The number of amides is 2. The van der Waals surface area contributed by atoms with Gasteiger partial charge in [0, 0.05) is 29.4 Å². The lowest BCUT2D eigenvalue weighted by molar-refractivity contribution is -0.141. The van der Waals surface area contributed by atoms with E-state index in [0.717, 1.165) is 0 Å². The summed E-state index contributed by atoms with van der Waals surface area (Å²) in [6, 6.07) is -2.14. The minimum absolute atomic E-state index is 0.192. The monoisotopic (exact) mass is 411 g/mol. The number of carboxylic acids is 1. The molecule has 0 spiro atoms. The van der Waals surface area contributed by atoms with E-state index in [4.69, 9.17) is 5.11 Å². The number of nitrogens with one attached hydrogen (secondary N) is 2. The first-order valence-electron chi connectivity index (χ1n) is 6.54. The molecule has 3 atom stereocenters. The summed E-state index contributed by atoms with van der Waals surface area (Å²) >= 11 is 1.87. The Balaban J connectivity index is 2.69. The van der Waals surface area contributed by atoms with Crippen molar-refractivity contribution in [3.63, 3.8) is 0 Å². The van der Waals surface area contributed by atoms with E-state index in [1.165, 1.54) is 4.90 Å². The van der Waals surface area contributed by atoms with Gasteiger partial charge in [-0.05, 0) is 19.8 Å². The van der Waals surface area contributed by atoms with E-state index in [-0.39, 0.29) is 5.91 Å². The van der Waals surface area contributed by atoms with Crippen LogP contribution in [0.25, 0.3) is 0 Å². The lowest BCUT2D eigenvalue weighted by Gasteiger charge is -2.27. The standard InChI is InChI=1S/C12H18IN3O5/c1-7(15-13)12(21)16-4-2-3-9(16)11(20)14-8(6-17)5-10(18)19/h6-9,15H,2-5H2,1H3,(H,14,20)(H,18,19)/t7-,8?,9-/m0/s1. The number of carbonyl (C=O) groups is 4. The molecular formula is C12H18IN3O5. The van der Waals surface area contributed by atoms with Gasteiger partial charge in [-0.25, -0.2) is 3.53 Å². The molecule has 3 N–H and O–H groups in total. The number of carbonyl (C=O) groups excluding carboxylic acids is 3. The van der Waals surface area contributed by atoms with Gasteiger partial charge >= 0.3 is 5.97 Å². The highest BCUT2D eigenvalue weighted by Gasteiger charge is 2.36. The van der Waals surface area contributed by atoms with Gasteiger partial charge < -0.3 is 20.1 Å². The Labute approximate surface area is 136 Å². The zero-order valence-corrected chi connectivity index (χ0v) is 13.7. The van der Waals surface area contributed by atoms with E-state index in [1.807, 2.05) is 22.9 Å². The van der Waals surface area contributed by atoms with Crippen LogP contribution >= 0.6 is 22.9 Å². The van der Waals surface area contributed by atoms with E-state index in [1.54, 1.807) is 6.92 Å². The van der Waals surface area contributed by atoms with Crippen LogP contribution in [-0.2, 0) is 19.2 Å². The predicted molar refractivity (Wildman–Crippen MR) is 81.6 cm³/mol. The maximum atomic E-state index is 12.1. The van der Waals surface area contributed by atoms with Crippen molar-refractivity contribution in [3.05, 3.63) is 0 Å². The number of rotatable bonds is 7. The lowest BCUT2D eigenvalue weighted by atomic mass is 10.1. The van der Waals surface area contributed by atoms with Crippen LogP contribution in [-0.4, -0.2) is 58.7 Å². The second kappa shape index (κ2) is 8.27. The Hall–Kier alpha value is -1.23. The van der Waals surface area contributed by atoms with E-state index in [0.29, 0.717) is 25.7 Å². The van der Waals surface area contributed by atoms with E-state index in [2.05, 4.69) is 8.85 Å². The topological polar surface area (TPSA) is 116 Å². The molecule has 1 heterocycles. The average molecular weight is 411 g/mol. The molecule has 1 aliphatic heterocycles. The largest absolute Gasteiger partial charge is 0.481 e. The summed E-state index contributed by atoms with van der Waals surface area (Å²) in [5, 5.41) is 11.0. The molecule has 118 valence electrons. The fourth-order valence-corrected chi connectivity index (χ4v) is 2.47. The van der Waals surface area contributed by atoms with Gasteiger partial charge in [0.15, 0.2) is 0 Å². The predicted octanol–water partition coefficient (Wildman–Crippen LogP) is -0.536. The third kappa shape index (κ3) is 4.92. The van der Waals surface area contributed by atoms with Gasteiger partial charge in [-0.1, -0.05) is 0 Å². The maximum absolute atomic E-state index is 12.1. The van der Waals surface area contributed by atoms with Crippen LogP contribution in [0.15, 0.2) is 0 Å². The molecule has 21 heavy (non-hydrogen) atoms. The van der Waals surface area contributed by atoms with Gasteiger partial charge in [0.2, 0.25) is 11.8 Å². The van der Waals surface area contributed by atoms with Crippen LogP contribution in [0.3, 0.4) is 0 Å². The van der Waals surface area contributed by atoms with Crippen molar-refractivity contribution in [3.8, 4) is 0 Å². The fraction of sp³-hybridized carbons (Fsp3) is 0.667. The number of hydrogen-bond acceptors (Lipinski definition) is 5. The highest BCUT2D eigenvalue weighted by atomic mass is 127. The molecule has 8 nitrogen and oxygen atoms in total. The quantitative estimate of drug-likeness (QED) is 0.295. The molecule has 1 rings (SSSR count). The summed E-state index contributed by atoms with van der Waals surface area (Å²) in [5.74, 6) is -1.85. The summed E-state index contributed by atoms with van der Waals surface area (Å²) in [6.07, 6.45) is 1.12. The molecule has 1 saturated heterocycles. The van der Waals surface area contributed by atoms with Crippen molar-refractivity contribution in [2.75, 3.05) is 6.54 Å². The summed E-state index contributed by atoms with van der Waals surface area (Å²) < 4.78 is 2.79. The van der Waals surface area contributed by atoms with E-state index < -0.39 is 36.4 Å². The number of carboxylic acid groups (broad SMARTS) is 1. The third-order valence-corrected chi connectivity index (χ3v) is 4.19. The number of aldehydes is 1. The van der Waals surface area contributed by atoms with Crippen LogP contribution in [0.2, 0.25) is 0 Å². The maximum Gasteiger partial charge on any atom is 0.305 e. The minimum Gasteiger partial charge on any atom is -0.481 e. The van der Waals surface area contributed by atoms with E-state index >= 15 is 0 Å². The number of halogens is 1. The Kier molecular flexibility index (Phi) is 7.02. The first kappa shape index (κ1) is 17.8. The third-order valence-electron chi connectivity index (χ3n) is 3.26. The second-order valence-corrected chi connectivity index (χ2v) is 5.49. The van der Waals surface area contributed by atoms with Gasteiger partial charge in [0.05, 0.1) is 18.5 Å². The number of hydrogen-bond donors (Lipinski definition) is 3. The van der Waals surface area contributed by atoms with Crippen molar-refractivity contribution < 1.29 is 24.3 Å². The minimum atomic E-state index is -1.17. The number of aliphatic carboxylic acids is 1. The molecule has 0 aliphatic carbocycles. The lowest BCUT2D eigenvalue weighted by Crippen LogP contribution is -2.52. The van der Waals surface area contributed by atoms with Crippen molar-refractivity contribution in [1.82, 2.24) is 13.7 Å². The zero-order valence-electron chi connectivity index (χ0n) is 11.5. The Morgan fingerprint density at radius 2 is 2.14 bits per heavy atom. The number of likely N-dealkylation sites (tertiary alicyclic amines) is 1. The molecule has 0 radical (unpaired) electrons. The first-order valence-corrected chi connectivity index (χ1v) is 7.62. The Morgan fingerprint density at radius 1 is 1.48 bits per heavy atom. The van der Waals surface area contributed by atoms with Gasteiger partial charge in [-0.15, -0.1) is 0 Å². The molecule has 0 aromatic heterocycles. The van der Waals surface area contributed by atoms with Crippen molar-refractivity contribution in [2.45, 2.75) is 44.3 Å². The summed E-state index contributed by atoms with van der Waals surface area (Å²) in [5.41, 5.74) is 0. The second-order valence-electron chi connectivity index (χ2n) is 4.87. The number of nitrogens with zero attached hydrogens (tertiary/aromatic N) is 1. The van der Waals surface area contributed by atoms with Crippen LogP contribution < -0.4 is 8.85 Å². The molecule has 1 unspecified atom stereocenters. The molecule has 0 saturated carbocycles. The summed E-state index contributed by atoms with van der Waals surface area (Å²) in [7, 11) is 0. The normalized spacial score (nSPS) is 20.7. The molecule has 1 aliphatic rings. The molecule has 0 bridgehead atoms. The molecule has 1 fully saturated rings. The van der Waals surface area contributed by atoms with Gasteiger partial charge in [0.1, 0.15) is 12.3 Å². The summed E-state index contributed by atoms with van der Waals surface area (Å²) in [6.45, 7) is 2.17. The van der Waals surface area contributed by atoms with E-state index in [9.17, 15) is 19.2 Å². The molecular weight excluding hydrogens is 393 g/mol. The zero-order chi connectivity index (χ0) is 16.0. The smallest absolute Gasteiger partial charge is 0.305 e.